The number of halogens is 1. The van der Waals surface area contributed by atoms with Crippen molar-refractivity contribution < 1.29 is 24.3 Å². The highest BCUT2D eigenvalue weighted by molar-refractivity contribution is 6.33. The average molecular weight is 529 g/mol. The first kappa shape index (κ1) is 27.2. The number of phenols is 1. The first-order valence-electron chi connectivity index (χ1n) is 13.4. The Hall–Kier alpha value is -2.80. The molecule has 3 aliphatic rings. The predicted molar refractivity (Wildman–Crippen MR) is 144 cm³/mol. The molecule has 1 aliphatic carbocycles. The second kappa shape index (κ2) is 12.6. The van der Waals surface area contributed by atoms with E-state index in [2.05, 4.69) is 18.2 Å². The molecule has 4 rings (SSSR count). The van der Waals surface area contributed by atoms with Crippen LogP contribution in [0.2, 0.25) is 5.02 Å². The fourth-order valence-electron chi connectivity index (χ4n) is 4.84. The maximum Gasteiger partial charge on any atom is 0.339 e. The molecule has 200 valence electrons. The number of nitrogens with zero attached hydrogens (tertiary/aromatic N) is 2. The van der Waals surface area contributed by atoms with Crippen LogP contribution in [0.4, 0.5) is 0 Å². The molecule has 2 heterocycles. The van der Waals surface area contributed by atoms with E-state index in [1.807, 2.05) is 30.1 Å². The number of carbonyl (C=O) groups excluding carboxylic acids is 2. The summed E-state index contributed by atoms with van der Waals surface area (Å²) in [6, 6.07) is 1.59. The lowest BCUT2D eigenvalue weighted by Crippen LogP contribution is -2.37. The topological polar surface area (TPSA) is 88.4 Å². The molecular formula is C29H37ClN2O5. The van der Waals surface area contributed by atoms with Crippen molar-refractivity contribution in [2.45, 2.75) is 77.2 Å². The van der Waals surface area contributed by atoms with Gasteiger partial charge in [-0.3, -0.25) is 4.79 Å². The summed E-state index contributed by atoms with van der Waals surface area (Å²) in [4.78, 5) is 33.3. The SMILES string of the molecule is CC1/C=C/C[C@@H](C)OC(=O)c2c(C3CC3)cc(O)c(Cl)c2CC(=N\OCC(=O)N2CCCCC2)/C=C/C1. The lowest BCUT2D eigenvalue weighted by atomic mass is 9.93. The minimum absolute atomic E-state index is 0.0645. The van der Waals surface area contributed by atoms with Gasteiger partial charge in [0.15, 0.2) is 6.61 Å². The molecule has 7 nitrogen and oxygen atoms in total. The number of ether oxygens (including phenoxy) is 1. The molecule has 1 unspecified atom stereocenters. The molecule has 0 radical (unpaired) electrons. The van der Waals surface area contributed by atoms with Crippen LogP contribution in [0, 0.1) is 5.92 Å². The highest BCUT2D eigenvalue weighted by Crippen LogP contribution is 2.46. The fourth-order valence-corrected chi connectivity index (χ4v) is 5.06. The highest BCUT2D eigenvalue weighted by Gasteiger charge is 2.33. The van der Waals surface area contributed by atoms with Crippen LogP contribution in [0.1, 0.15) is 86.2 Å². The summed E-state index contributed by atoms with van der Waals surface area (Å²) >= 11 is 6.59. The number of cyclic esters (lactones) is 1. The summed E-state index contributed by atoms with van der Waals surface area (Å²) in [5, 5.41) is 15.0. The van der Waals surface area contributed by atoms with E-state index >= 15 is 0 Å². The second-order valence-electron chi connectivity index (χ2n) is 10.4. The number of hydrogen-bond donors (Lipinski definition) is 1. The van der Waals surface area contributed by atoms with Gasteiger partial charge in [0.1, 0.15) is 11.9 Å². The van der Waals surface area contributed by atoms with E-state index in [-0.39, 0.29) is 47.6 Å². The Balaban J connectivity index is 1.66. The number of amides is 1. The van der Waals surface area contributed by atoms with Gasteiger partial charge in [-0.05, 0) is 80.6 Å². The fraction of sp³-hybridized carbons (Fsp3) is 0.552. The van der Waals surface area contributed by atoms with Crippen molar-refractivity contribution >= 4 is 29.2 Å². The van der Waals surface area contributed by atoms with E-state index in [1.54, 1.807) is 6.07 Å². The minimum atomic E-state index is -0.450. The van der Waals surface area contributed by atoms with Crippen LogP contribution < -0.4 is 0 Å². The largest absolute Gasteiger partial charge is 0.506 e. The van der Waals surface area contributed by atoms with Crippen LogP contribution >= 0.6 is 11.6 Å². The Bertz CT molecular complexity index is 1090. The Morgan fingerprint density at radius 2 is 1.95 bits per heavy atom. The van der Waals surface area contributed by atoms with Crippen molar-refractivity contribution in [2.24, 2.45) is 11.1 Å². The smallest absolute Gasteiger partial charge is 0.339 e. The van der Waals surface area contributed by atoms with Crippen molar-refractivity contribution in [3.05, 3.63) is 52.1 Å². The molecule has 1 aromatic rings. The molecule has 2 atom stereocenters. The van der Waals surface area contributed by atoms with Gasteiger partial charge in [0.05, 0.1) is 16.3 Å². The third-order valence-corrected chi connectivity index (χ3v) is 7.51. The van der Waals surface area contributed by atoms with Gasteiger partial charge < -0.3 is 19.6 Å². The molecule has 1 N–H and O–H groups in total. The van der Waals surface area contributed by atoms with Crippen molar-refractivity contribution in [1.82, 2.24) is 4.90 Å². The number of fused-ring (bicyclic) bond motifs is 1. The van der Waals surface area contributed by atoms with Gasteiger partial charge in [0.25, 0.3) is 5.91 Å². The lowest BCUT2D eigenvalue weighted by Gasteiger charge is -2.26. The summed E-state index contributed by atoms with van der Waals surface area (Å²) in [6.07, 6.45) is 14.3. The highest BCUT2D eigenvalue weighted by atomic mass is 35.5. The zero-order valence-corrected chi connectivity index (χ0v) is 22.5. The predicted octanol–water partition coefficient (Wildman–Crippen LogP) is 5.94. The zero-order chi connectivity index (χ0) is 26.4. The van der Waals surface area contributed by atoms with Gasteiger partial charge in [-0.25, -0.2) is 4.79 Å². The third-order valence-electron chi connectivity index (χ3n) is 7.09. The van der Waals surface area contributed by atoms with Gasteiger partial charge in [0.2, 0.25) is 0 Å². The normalized spacial score (nSPS) is 26.1. The minimum Gasteiger partial charge on any atom is -0.506 e. The van der Waals surface area contributed by atoms with Crippen LogP contribution in [0.5, 0.6) is 5.75 Å². The van der Waals surface area contributed by atoms with Gasteiger partial charge in [-0.1, -0.05) is 41.9 Å². The monoisotopic (exact) mass is 528 g/mol. The van der Waals surface area contributed by atoms with Gasteiger partial charge in [-0.2, -0.15) is 0 Å². The second-order valence-corrected chi connectivity index (χ2v) is 10.8. The van der Waals surface area contributed by atoms with E-state index in [9.17, 15) is 14.7 Å². The van der Waals surface area contributed by atoms with Crippen molar-refractivity contribution in [2.75, 3.05) is 19.7 Å². The summed E-state index contributed by atoms with van der Waals surface area (Å²) in [5.74, 6) is -0.128. The number of oxime groups is 1. The number of piperidine rings is 1. The maximum absolute atomic E-state index is 13.4. The molecule has 1 amide bonds. The van der Waals surface area contributed by atoms with Gasteiger partial charge in [0, 0.05) is 25.9 Å². The number of esters is 1. The first-order chi connectivity index (χ1) is 17.8. The maximum atomic E-state index is 13.4. The van der Waals surface area contributed by atoms with Crippen LogP contribution in [-0.4, -0.2) is 53.4 Å². The molecule has 1 aromatic carbocycles. The van der Waals surface area contributed by atoms with Crippen molar-refractivity contribution in [1.29, 1.82) is 0 Å². The van der Waals surface area contributed by atoms with Crippen LogP contribution in [-0.2, 0) is 20.8 Å². The first-order valence-corrected chi connectivity index (χ1v) is 13.8. The zero-order valence-electron chi connectivity index (χ0n) is 21.7. The number of likely N-dealkylation sites (tertiary alicyclic amines) is 1. The summed E-state index contributed by atoms with van der Waals surface area (Å²) in [6.45, 7) is 5.33. The summed E-state index contributed by atoms with van der Waals surface area (Å²) < 4.78 is 5.82. The Labute approximate surface area is 224 Å². The van der Waals surface area contributed by atoms with E-state index in [1.165, 1.54) is 0 Å². The van der Waals surface area contributed by atoms with E-state index < -0.39 is 5.97 Å². The molecule has 0 aromatic heterocycles. The molecular weight excluding hydrogens is 492 g/mol. The van der Waals surface area contributed by atoms with E-state index in [0.29, 0.717) is 23.3 Å². The number of phenolic OH excluding ortho intramolecular Hbond substituents is 1. The van der Waals surface area contributed by atoms with Crippen LogP contribution in [0.15, 0.2) is 35.5 Å². The molecule has 1 saturated carbocycles. The molecule has 8 heteroatoms. The average Bonchev–Trinajstić information content (AvgIpc) is 3.71. The number of allylic oxidation sites excluding steroid dienone is 3. The Kier molecular flexibility index (Phi) is 9.30. The van der Waals surface area contributed by atoms with E-state index in [0.717, 1.165) is 57.2 Å². The van der Waals surface area contributed by atoms with Gasteiger partial charge in [-0.15, -0.1) is 0 Å². The number of aromatic hydroxyl groups is 1. The third kappa shape index (κ3) is 7.37. The van der Waals surface area contributed by atoms with Crippen LogP contribution in [0.25, 0.3) is 0 Å². The van der Waals surface area contributed by atoms with E-state index in [4.69, 9.17) is 21.2 Å². The van der Waals surface area contributed by atoms with Crippen molar-refractivity contribution in [3.63, 3.8) is 0 Å². The molecule has 0 bridgehead atoms. The molecule has 1 saturated heterocycles. The Morgan fingerprint density at radius 3 is 2.68 bits per heavy atom. The molecule has 2 aliphatic heterocycles. The molecule has 37 heavy (non-hydrogen) atoms. The quantitative estimate of drug-likeness (QED) is 0.297. The number of benzene rings is 1. The van der Waals surface area contributed by atoms with Crippen LogP contribution in [0.3, 0.4) is 0 Å². The van der Waals surface area contributed by atoms with Gasteiger partial charge >= 0.3 is 5.97 Å². The number of hydrogen-bond acceptors (Lipinski definition) is 6. The lowest BCUT2D eigenvalue weighted by molar-refractivity contribution is -0.137. The number of carbonyl (C=O) groups is 2. The summed E-state index contributed by atoms with van der Waals surface area (Å²) in [5.41, 5.74) is 2.14. The molecule has 2 fully saturated rings. The van der Waals surface area contributed by atoms with Crippen molar-refractivity contribution in [3.8, 4) is 5.75 Å². The number of rotatable bonds is 4. The summed E-state index contributed by atoms with van der Waals surface area (Å²) in [7, 11) is 0. The standard InChI is InChI=1S/C29H37ClN2O5/c1-19-8-6-10-20(2)37-29(35)27-23(21-12-13-21)17-25(33)28(30)24(27)16-22(11-7-9-19)31-36-18-26(34)32-14-4-3-5-15-32/h6-8,11,17,19-21,33H,3-5,9-10,12-16,18H2,1-2H3/b8-6+,11-7+,31-22-/t19?,20-/m1/s1. The Morgan fingerprint density at radius 1 is 1.19 bits per heavy atom. The molecule has 0 spiro atoms.